The van der Waals surface area contributed by atoms with Gasteiger partial charge in [-0.3, -0.25) is 0 Å². The first kappa shape index (κ1) is 18.9. The Hall–Kier alpha value is -2.45. The van der Waals surface area contributed by atoms with E-state index in [4.69, 9.17) is 4.74 Å². The maximum Gasteiger partial charge on any atom is 0.213 e. The molecule has 0 amide bonds. The predicted octanol–water partition coefficient (Wildman–Crippen LogP) is 2.93. The largest absolute Gasteiger partial charge is 0.497 e. The SMILES string of the molecule is CCS(=O)(=O)N1CCCC(c2nc3ccc(-c4cccc(OC)c4)cn3n2)C1. The van der Waals surface area contributed by atoms with Gasteiger partial charge in [0.05, 0.1) is 12.9 Å². The molecule has 7 nitrogen and oxygen atoms in total. The number of nitrogens with zero attached hydrogens (tertiary/aromatic N) is 4. The van der Waals surface area contributed by atoms with Crippen LogP contribution in [0.25, 0.3) is 16.8 Å². The summed E-state index contributed by atoms with van der Waals surface area (Å²) in [5, 5.41) is 4.66. The van der Waals surface area contributed by atoms with Crippen LogP contribution in [0.1, 0.15) is 31.5 Å². The molecule has 0 saturated carbocycles. The fourth-order valence-electron chi connectivity index (χ4n) is 3.64. The van der Waals surface area contributed by atoms with E-state index in [2.05, 4.69) is 10.1 Å². The van der Waals surface area contributed by atoms with Crippen molar-refractivity contribution in [2.75, 3.05) is 26.0 Å². The van der Waals surface area contributed by atoms with Crippen molar-refractivity contribution in [1.82, 2.24) is 18.9 Å². The monoisotopic (exact) mass is 400 g/mol. The summed E-state index contributed by atoms with van der Waals surface area (Å²) in [5.41, 5.74) is 2.81. The number of hydrogen-bond acceptors (Lipinski definition) is 5. The van der Waals surface area contributed by atoms with E-state index in [1.54, 1.807) is 22.9 Å². The van der Waals surface area contributed by atoms with Gasteiger partial charge in [-0.2, -0.15) is 5.10 Å². The van der Waals surface area contributed by atoms with Gasteiger partial charge in [0.1, 0.15) is 5.75 Å². The van der Waals surface area contributed by atoms with Gasteiger partial charge in [-0.1, -0.05) is 12.1 Å². The number of sulfonamides is 1. The summed E-state index contributed by atoms with van der Waals surface area (Å²) in [6.45, 7) is 2.72. The number of benzene rings is 1. The Morgan fingerprint density at radius 1 is 1.21 bits per heavy atom. The minimum Gasteiger partial charge on any atom is -0.497 e. The lowest BCUT2D eigenvalue weighted by atomic mass is 9.99. The maximum absolute atomic E-state index is 12.2. The third-order valence-corrected chi connectivity index (χ3v) is 7.11. The van der Waals surface area contributed by atoms with Crippen LogP contribution < -0.4 is 4.74 Å². The Labute approximate surface area is 165 Å². The molecule has 1 aromatic carbocycles. The van der Waals surface area contributed by atoms with Gasteiger partial charge in [0.25, 0.3) is 0 Å². The topological polar surface area (TPSA) is 76.8 Å². The molecule has 3 heterocycles. The van der Waals surface area contributed by atoms with Crippen LogP contribution in [0.4, 0.5) is 0 Å². The van der Waals surface area contributed by atoms with Crippen LogP contribution in [0, 0.1) is 0 Å². The van der Waals surface area contributed by atoms with E-state index >= 15 is 0 Å². The van der Waals surface area contributed by atoms with Crippen LogP contribution in [0.3, 0.4) is 0 Å². The van der Waals surface area contributed by atoms with Gasteiger partial charge in [-0.15, -0.1) is 0 Å². The van der Waals surface area contributed by atoms with Crippen molar-refractivity contribution < 1.29 is 13.2 Å². The highest BCUT2D eigenvalue weighted by atomic mass is 32.2. The van der Waals surface area contributed by atoms with E-state index in [1.807, 2.05) is 42.6 Å². The van der Waals surface area contributed by atoms with Crippen molar-refractivity contribution in [3.05, 3.63) is 48.4 Å². The normalized spacial score (nSPS) is 18.4. The fraction of sp³-hybridized carbons (Fsp3) is 0.400. The highest BCUT2D eigenvalue weighted by Gasteiger charge is 2.30. The van der Waals surface area contributed by atoms with E-state index in [-0.39, 0.29) is 11.7 Å². The summed E-state index contributed by atoms with van der Waals surface area (Å²) >= 11 is 0. The molecule has 1 aliphatic rings. The number of hydrogen-bond donors (Lipinski definition) is 0. The summed E-state index contributed by atoms with van der Waals surface area (Å²) in [6, 6.07) is 11.8. The quantitative estimate of drug-likeness (QED) is 0.658. The zero-order valence-corrected chi connectivity index (χ0v) is 16.9. The van der Waals surface area contributed by atoms with Gasteiger partial charge in [-0.05, 0) is 49.6 Å². The number of piperidine rings is 1. The predicted molar refractivity (Wildman–Crippen MR) is 108 cm³/mol. The molecule has 1 atom stereocenters. The first-order chi connectivity index (χ1) is 13.5. The third-order valence-electron chi connectivity index (χ3n) is 5.26. The smallest absolute Gasteiger partial charge is 0.213 e. The van der Waals surface area contributed by atoms with Crippen molar-refractivity contribution in [3.8, 4) is 16.9 Å². The van der Waals surface area contributed by atoms with Crippen molar-refractivity contribution in [2.45, 2.75) is 25.7 Å². The lowest BCUT2D eigenvalue weighted by Gasteiger charge is -2.30. The molecule has 28 heavy (non-hydrogen) atoms. The average molecular weight is 401 g/mol. The van der Waals surface area contributed by atoms with E-state index in [0.29, 0.717) is 18.9 Å². The second-order valence-corrected chi connectivity index (χ2v) is 9.28. The molecule has 0 N–H and O–H groups in total. The molecular weight excluding hydrogens is 376 g/mol. The van der Waals surface area contributed by atoms with Crippen molar-refractivity contribution in [2.24, 2.45) is 0 Å². The minimum atomic E-state index is -3.18. The lowest BCUT2D eigenvalue weighted by molar-refractivity contribution is 0.309. The maximum atomic E-state index is 12.2. The lowest BCUT2D eigenvalue weighted by Crippen LogP contribution is -2.40. The van der Waals surface area contributed by atoms with Gasteiger partial charge in [-0.25, -0.2) is 22.2 Å². The van der Waals surface area contributed by atoms with Crippen molar-refractivity contribution >= 4 is 15.7 Å². The number of ether oxygens (including phenoxy) is 1. The Bertz CT molecular complexity index is 1090. The summed E-state index contributed by atoms with van der Waals surface area (Å²) in [6.07, 6.45) is 3.67. The zero-order chi connectivity index (χ0) is 19.7. The Kier molecular flexibility index (Phi) is 5.07. The molecule has 148 valence electrons. The highest BCUT2D eigenvalue weighted by molar-refractivity contribution is 7.89. The van der Waals surface area contributed by atoms with Gasteiger partial charge in [0.15, 0.2) is 11.5 Å². The van der Waals surface area contributed by atoms with Crippen LogP contribution >= 0.6 is 0 Å². The molecule has 0 radical (unpaired) electrons. The number of fused-ring (bicyclic) bond motifs is 1. The summed E-state index contributed by atoms with van der Waals surface area (Å²) in [4.78, 5) is 4.65. The first-order valence-electron chi connectivity index (χ1n) is 9.49. The summed E-state index contributed by atoms with van der Waals surface area (Å²) < 4.78 is 33.1. The molecule has 1 fully saturated rings. The molecule has 1 aliphatic heterocycles. The fourth-order valence-corrected chi connectivity index (χ4v) is 4.81. The van der Waals surface area contributed by atoms with E-state index in [1.165, 1.54) is 0 Å². The van der Waals surface area contributed by atoms with Crippen LogP contribution in [0.2, 0.25) is 0 Å². The molecule has 8 heteroatoms. The van der Waals surface area contributed by atoms with Crippen LogP contribution in [-0.2, 0) is 10.0 Å². The average Bonchev–Trinajstić information content (AvgIpc) is 3.17. The summed E-state index contributed by atoms with van der Waals surface area (Å²) in [5.74, 6) is 1.66. The second-order valence-electron chi connectivity index (χ2n) is 7.02. The van der Waals surface area contributed by atoms with Gasteiger partial charge in [0.2, 0.25) is 10.0 Å². The Balaban J connectivity index is 1.63. The molecule has 0 bridgehead atoms. The molecule has 3 aromatic rings. The molecule has 1 saturated heterocycles. The molecule has 0 spiro atoms. The van der Waals surface area contributed by atoms with E-state index < -0.39 is 10.0 Å². The molecule has 1 unspecified atom stereocenters. The third kappa shape index (κ3) is 3.62. The van der Waals surface area contributed by atoms with Crippen LogP contribution in [-0.4, -0.2) is 53.3 Å². The first-order valence-corrected chi connectivity index (χ1v) is 11.1. The van der Waals surface area contributed by atoms with Crippen molar-refractivity contribution in [3.63, 3.8) is 0 Å². The standard InChI is InChI=1S/C20H24N4O3S/c1-3-28(25,26)23-11-5-7-17(13-23)20-21-19-10-9-16(14-24(19)22-20)15-6-4-8-18(12-15)27-2/h4,6,8-10,12,14,17H,3,5,7,11,13H2,1-2H3. The van der Waals surface area contributed by atoms with Gasteiger partial charge < -0.3 is 4.74 Å². The van der Waals surface area contributed by atoms with Gasteiger partial charge >= 0.3 is 0 Å². The molecular formula is C20H24N4O3S. The van der Waals surface area contributed by atoms with Crippen LogP contribution in [0.5, 0.6) is 5.75 Å². The minimum absolute atomic E-state index is 0.0234. The van der Waals surface area contributed by atoms with E-state index in [9.17, 15) is 8.42 Å². The Morgan fingerprint density at radius 3 is 2.86 bits per heavy atom. The zero-order valence-electron chi connectivity index (χ0n) is 16.1. The molecule has 0 aliphatic carbocycles. The molecule has 4 rings (SSSR count). The van der Waals surface area contributed by atoms with E-state index in [0.717, 1.165) is 35.4 Å². The highest BCUT2D eigenvalue weighted by Crippen LogP contribution is 2.28. The number of methoxy groups -OCH3 is 1. The number of aromatic nitrogens is 3. The Morgan fingerprint density at radius 2 is 2.07 bits per heavy atom. The summed E-state index contributed by atoms with van der Waals surface area (Å²) in [7, 11) is -1.53. The van der Waals surface area contributed by atoms with Crippen LogP contribution in [0.15, 0.2) is 42.6 Å². The molecule has 2 aromatic heterocycles. The number of pyridine rings is 1. The number of rotatable bonds is 5. The second kappa shape index (κ2) is 7.52. The van der Waals surface area contributed by atoms with Gasteiger partial charge in [0, 0.05) is 30.8 Å². The van der Waals surface area contributed by atoms with Crippen molar-refractivity contribution in [1.29, 1.82) is 0 Å².